The van der Waals surface area contributed by atoms with Crippen molar-refractivity contribution in [3.05, 3.63) is 47.4 Å². The van der Waals surface area contributed by atoms with Crippen LogP contribution in [0.2, 0.25) is 0 Å². The number of aromatic nitrogens is 1. The molecule has 134 valence electrons. The molecule has 8 heteroatoms. The van der Waals surface area contributed by atoms with Crippen molar-refractivity contribution in [3.8, 4) is 5.75 Å². The minimum absolute atomic E-state index is 0.325. The molecule has 0 atom stereocenters. The summed E-state index contributed by atoms with van der Waals surface area (Å²) < 4.78 is 16.3. The number of anilines is 1. The molecule has 1 amide bonds. The number of carbonyl (C=O) groups excluding carboxylic acids is 2. The second-order valence-corrected chi connectivity index (χ2v) is 6.29. The third kappa shape index (κ3) is 3.60. The number of aryl methyl sites for hydroxylation is 1. The molecule has 0 radical (unpaired) electrons. The third-order valence-electron chi connectivity index (χ3n) is 3.57. The van der Waals surface area contributed by atoms with Gasteiger partial charge in [0.05, 0.1) is 18.9 Å². The lowest BCUT2D eigenvalue weighted by Gasteiger charge is -1.98. The second kappa shape index (κ2) is 7.40. The Labute approximate surface area is 153 Å². The molecule has 2 aromatic heterocycles. The van der Waals surface area contributed by atoms with Gasteiger partial charge in [-0.25, -0.2) is 9.78 Å². The summed E-state index contributed by atoms with van der Waals surface area (Å²) in [7, 11) is 2.87. The highest BCUT2D eigenvalue weighted by Gasteiger charge is 2.14. The maximum Gasteiger partial charge on any atom is 0.341 e. The number of hydrogen-bond acceptors (Lipinski definition) is 7. The molecule has 3 rings (SSSR count). The van der Waals surface area contributed by atoms with Gasteiger partial charge in [0.2, 0.25) is 5.91 Å². The first-order chi connectivity index (χ1) is 12.5. The molecule has 0 fully saturated rings. The van der Waals surface area contributed by atoms with E-state index in [2.05, 4.69) is 15.0 Å². The van der Waals surface area contributed by atoms with Gasteiger partial charge in [0.1, 0.15) is 28.4 Å². The number of hydrogen-bond donors (Lipinski definition) is 1. The molecule has 26 heavy (non-hydrogen) atoms. The van der Waals surface area contributed by atoms with E-state index in [0.29, 0.717) is 33.5 Å². The van der Waals surface area contributed by atoms with Crippen LogP contribution in [-0.4, -0.2) is 31.1 Å². The lowest BCUT2D eigenvalue weighted by atomic mass is 10.2. The van der Waals surface area contributed by atoms with Gasteiger partial charge < -0.3 is 13.9 Å². The summed E-state index contributed by atoms with van der Waals surface area (Å²) in [4.78, 5) is 28.0. The van der Waals surface area contributed by atoms with Gasteiger partial charge in [-0.1, -0.05) is 17.4 Å². The largest absolute Gasteiger partial charge is 0.494 e. The van der Waals surface area contributed by atoms with Crippen molar-refractivity contribution in [3.63, 3.8) is 0 Å². The maximum absolute atomic E-state index is 12.1. The molecule has 0 spiro atoms. The molecule has 3 aromatic rings. The minimum atomic E-state index is -0.487. The Bertz CT molecular complexity index is 1000. The molecule has 0 bridgehead atoms. The first kappa shape index (κ1) is 17.7. The van der Waals surface area contributed by atoms with Crippen LogP contribution in [0.4, 0.5) is 5.13 Å². The van der Waals surface area contributed by atoms with E-state index in [9.17, 15) is 9.59 Å². The smallest absolute Gasteiger partial charge is 0.341 e. The highest BCUT2D eigenvalue weighted by molar-refractivity contribution is 7.22. The summed E-state index contributed by atoms with van der Waals surface area (Å²) in [5.41, 5.74) is 1.02. The van der Waals surface area contributed by atoms with Gasteiger partial charge in [-0.05, 0) is 31.2 Å². The fourth-order valence-corrected chi connectivity index (χ4v) is 3.23. The molecule has 0 aliphatic rings. The lowest BCUT2D eigenvalue weighted by molar-refractivity contribution is -0.111. The Kier molecular flexibility index (Phi) is 5.04. The number of para-hydroxylation sites is 1. The fraction of sp³-hybridized carbons (Fsp3) is 0.167. The Morgan fingerprint density at radius 1 is 1.31 bits per heavy atom. The number of fused-ring (bicyclic) bond motifs is 1. The van der Waals surface area contributed by atoms with E-state index in [0.717, 1.165) is 4.70 Å². The number of nitrogens with zero attached hydrogens (tertiary/aromatic N) is 1. The van der Waals surface area contributed by atoms with E-state index >= 15 is 0 Å². The standard InChI is InChI=1S/C18H16N2O5S/c1-10-12(17(22)24-3)9-11(25-10)7-8-15(21)19-18-20-16-13(23-2)5-4-6-14(16)26-18/h4-9H,1-3H3,(H,19,20,21)/b8-7+. The highest BCUT2D eigenvalue weighted by Crippen LogP contribution is 2.32. The zero-order valence-corrected chi connectivity index (χ0v) is 15.2. The average Bonchev–Trinajstić information content (AvgIpc) is 3.21. The van der Waals surface area contributed by atoms with E-state index in [1.54, 1.807) is 14.0 Å². The monoisotopic (exact) mass is 372 g/mol. The molecule has 0 aliphatic heterocycles. The van der Waals surface area contributed by atoms with Gasteiger partial charge in [-0.2, -0.15) is 0 Å². The van der Waals surface area contributed by atoms with Crippen molar-refractivity contribution < 1.29 is 23.5 Å². The van der Waals surface area contributed by atoms with Crippen LogP contribution in [0.15, 0.2) is 34.8 Å². The summed E-state index contributed by atoms with van der Waals surface area (Å²) in [6, 6.07) is 7.10. The number of ether oxygens (including phenoxy) is 2. The lowest BCUT2D eigenvalue weighted by Crippen LogP contribution is -2.07. The molecule has 0 saturated heterocycles. The van der Waals surface area contributed by atoms with E-state index in [4.69, 9.17) is 9.15 Å². The van der Waals surface area contributed by atoms with Crippen LogP contribution in [0.1, 0.15) is 21.9 Å². The Balaban J connectivity index is 1.73. The number of carbonyl (C=O) groups is 2. The number of nitrogens with one attached hydrogen (secondary N) is 1. The summed E-state index contributed by atoms with van der Waals surface area (Å²) >= 11 is 1.35. The fourth-order valence-electron chi connectivity index (χ4n) is 2.35. The highest BCUT2D eigenvalue weighted by atomic mass is 32.1. The average molecular weight is 372 g/mol. The Hall–Kier alpha value is -3.13. The van der Waals surface area contributed by atoms with Crippen molar-refractivity contribution in [2.24, 2.45) is 0 Å². The summed E-state index contributed by atoms with van der Waals surface area (Å²) in [6.45, 7) is 1.65. The summed E-state index contributed by atoms with van der Waals surface area (Å²) in [5.74, 6) is 0.603. The Morgan fingerprint density at radius 3 is 2.85 bits per heavy atom. The van der Waals surface area contributed by atoms with Crippen molar-refractivity contribution in [2.45, 2.75) is 6.92 Å². The summed E-state index contributed by atoms with van der Waals surface area (Å²) in [5, 5.41) is 3.16. The van der Waals surface area contributed by atoms with E-state index in [1.165, 1.54) is 36.7 Å². The first-order valence-corrected chi connectivity index (χ1v) is 8.45. The molecular formula is C18H16N2O5S. The van der Waals surface area contributed by atoms with Crippen LogP contribution < -0.4 is 10.1 Å². The van der Waals surface area contributed by atoms with Crippen LogP contribution in [-0.2, 0) is 9.53 Å². The number of esters is 1. The molecule has 0 saturated carbocycles. The molecule has 1 N–H and O–H groups in total. The van der Waals surface area contributed by atoms with Crippen LogP contribution in [0.3, 0.4) is 0 Å². The topological polar surface area (TPSA) is 90.7 Å². The van der Waals surface area contributed by atoms with Crippen LogP contribution in [0.5, 0.6) is 5.75 Å². The zero-order chi connectivity index (χ0) is 18.7. The number of rotatable bonds is 5. The van der Waals surface area contributed by atoms with Gasteiger partial charge in [0, 0.05) is 6.08 Å². The van der Waals surface area contributed by atoms with Gasteiger partial charge in [-0.15, -0.1) is 0 Å². The van der Waals surface area contributed by atoms with Gasteiger partial charge in [0.15, 0.2) is 5.13 Å². The number of amides is 1. The number of benzene rings is 1. The second-order valence-electron chi connectivity index (χ2n) is 5.26. The molecule has 0 unspecified atom stereocenters. The summed E-state index contributed by atoms with van der Waals surface area (Å²) in [6.07, 6.45) is 2.78. The number of furan rings is 1. The van der Waals surface area contributed by atoms with Crippen molar-refractivity contribution in [1.29, 1.82) is 0 Å². The molecule has 2 heterocycles. The third-order valence-corrected chi connectivity index (χ3v) is 4.51. The van der Waals surface area contributed by atoms with Crippen molar-refractivity contribution in [2.75, 3.05) is 19.5 Å². The molecule has 0 aliphatic carbocycles. The van der Waals surface area contributed by atoms with E-state index in [-0.39, 0.29) is 5.91 Å². The predicted molar refractivity (Wildman–Crippen MR) is 98.6 cm³/mol. The first-order valence-electron chi connectivity index (χ1n) is 7.63. The molecule has 7 nitrogen and oxygen atoms in total. The number of thiazole rings is 1. The Morgan fingerprint density at radius 2 is 2.12 bits per heavy atom. The van der Waals surface area contributed by atoms with Gasteiger partial charge in [0.25, 0.3) is 0 Å². The van der Waals surface area contributed by atoms with Crippen molar-refractivity contribution in [1.82, 2.24) is 4.98 Å². The van der Waals surface area contributed by atoms with Crippen molar-refractivity contribution >= 4 is 44.6 Å². The zero-order valence-electron chi connectivity index (χ0n) is 14.4. The van der Waals surface area contributed by atoms with Gasteiger partial charge in [-0.3, -0.25) is 10.1 Å². The van der Waals surface area contributed by atoms with Crippen LogP contribution in [0, 0.1) is 6.92 Å². The molecular weight excluding hydrogens is 356 g/mol. The van der Waals surface area contributed by atoms with Gasteiger partial charge >= 0.3 is 5.97 Å². The quantitative estimate of drug-likeness (QED) is 0.543. The van der Waals surface area contributed by atoms with E-state index in [1.807, 2.05) is 18.2 Å². The predicted octanol–water partition coefficient (Wildman–Crippen LogP) is 3.64. The molecule has 1 aromatic carbocycles. The van der Waals surface area contributed by atoms with E-state index < -0.39 is 5.97 Å². The maximum atomic E-state index is 12.1. The minimum Gasteiger partial charge on any atom is -0.494 e. The van der Waals surface area contributed by atoms with Crippen LogP contribution in [0.25, 0.3) is 16.3 Å². The number of methoxy groups -OCH3 is 2. The SMILES string of the molecule is COC(=O)c1cc(/C=C/C(=O)Nc2nc3c(OC)cccc3s2)oc1C. The van der Waals surface area contributed by atoms with Crippen LogP contribution >= 0.6 is 11.3 Å². The normalized spacial score (nSPS) is 11.0.